The first kappa shape index (κ1) is 10.2. The summed E-state index contributed by atoms with van der Waals surface area (Å²) in [6.45, 7) is 10.3. The van der Waals surface area contributed by atoms with Crippen LogP contribution in [0.3, 0.4) is 0 Å². The van der Waals surface area contributed by atoms with Gasteiger partial charge in [0.1, 0.15) is 6.26 Å². The van der Waals surface area contributed by atoms with Gasteiger partial charge in [0.25, 0.3) is 0 Å². The van der Waals surface area contributed by atoms with E-state index in [-0.39, 0.29) is 5.41 Å². The van der Waals surface area contributed by atoms with Crippen LogP contribution < -0.4 is 0 Å². The number of oxazole rings is 1. The van der Waals surface area contributed by atoms with Crippen LogP contribution in [0, 0.1) is 0 Å². The first-order valence-electron chi connectivity index (χ1n) is 3.99. The van der Waals surface area contributed by atoms with E-state index in [4.69, 9.17) is 4.42 Å². The lowest BCUT2D eigenvalue weighted by molar-refractivity contribution is 0.537. The monoisotopic (exact) mass is 155 g/mol. The topological polar surface area (TPSA) is 26.0 Å². The fraction of sp³-hybridized carbons (Fsp3) is 0.667. The molecular weight excluding hydrogens is 138 g/mol. The van der Waals surface area contributed by atoms with E-state index in [1.807, 2.05) is 13.8 Å². The second-order valence-corrected chi connectivity index (χ2v) is 3.12. The highest BCUT2D eigenvalue weighted by Gasteiger charge is 2.15. The first-order chi connectivity index (χ1) is 5.11. The van der Waals surface area contributed by atoms with Crippen molar-refractivity contribution in [2.24, 2.45) is 0 Å². The molecule has 0 radical (unpaired) electrons. The number of aromatic nitrogens is 1. The zero-order valence-corrected chi connectivity index (χ0v) is 8.01. The zero-order valence-electron chi connectivity index (χ0n) is 8.01. The Morgan fingerprint density at radius 3 is 2.00 bits per heavy atom. The second-order valence-electron chi connectivity index (χ2n) is 3.12. The predicted molar refractivity (Wildman–Crippen MR) is 46.6 cm³/mol. The van der Waals surface area contributed by atoms with Gasteiger partial charge in [0.2, 0.25) is 0 Å². The summed E-state index contributed by atoms with van der Waals surface area (Å²) < 4.78 is 4.83. The Bertz CT molecular complexity index is 172. The van der Waals surface area contributed by atoms with E-state index in [1.54, 1.807) is 6.26 Å². The van der Waals surface area contributed by atoms with Crippen molar-refractivity contribution in [2.45, 2.75) is 40.0 Å². The molecule has 0 aliphatic rings. The van der Waals surface area contributed by atoms with Crippen LogP contribution in [0.1, 0.15) is 40.3 Å². The van der Waals surface area contributed by atoms with Gasteiger partial charge in [-0.15, -0.1) is 0 Å². The molecule has 1 heterocycles. The fourth-order valence-electron chi connectivity index (χ4n) is 0.583. The third-order valence-electron chi connectivity index (χ3n) is 1.20. The van der Waals surface area contributed by atoms with Crippen molar-refractivity contribution >= 4 is 0 Å². The van der Waals surface area contributed by atoms with Gasteiger partial charge < -0.3 is 4.42 Å². The minimum Gasteiger partial charge on any atom is -0.451 e. The average Bonchev–Trinajstić information content (AvgIpc) is 2.40. The van der Waals surface area contributed by atoms with Crippen LogP contribution in [0.4, 0.5) is 0 Å². The van der Waals surface area contributed by atoms with Gasteiger partial charge >= 0.3 is 0 Å². The predicted octanol–water partition coefficient (Wildman–Crippen LogP) is 3.00. The molecule has 0 aliphatic heterocycles. The van der Waals surface area contributed by atoms with Crippen molar-refractivity contribution in [3.05, 3.63) is 18.4 Å². The van der Waals surface area contributed by atoms with Crippen LogP contribution in [0.2, 0.25) is 0 Å². The lowest BCUT2D eigenvalue weighted by Crippen LogP contribution is -2.10. The van der Waals surface area contributed by atoms with Crippen molar-refractivity contribution in [1.82, 2.24) is 4.98 Å². The molecule has 1 rings (SSSR count). The molecule has 0 saturated heterocycles. The van der Waals surface area contributed by atoms with E-state index >= 15 is 0 Å². The van der Waals surface area contributed by atoms with Crippen molar-refractivity contribution in [3.8, 4) is 0 Å². The lowest BCUT2D eigenvalue weighted by atomic mass is 9.93. The lowest BCUT2D eigenvalue weighted by Gasteiger charge is -2.12. The second kappa shape index (κ2) is 4.16. The molecule has 0 bridgehead atoms. The minimum absolute atomic E-state index is 0.118. The number of hydrogen-bond acceptors (Lipinski definition) is 2. The van der Waals surface area contributed by atoms with Gasteiger partial charge in [-0.3, -0.25) is 0 Å². The SMILES string of the molecule is CC.CC(C)(C)c1cocn1. The molecule has 0 spiro atoms. The Hall–Kier alpha value is -0.790. The van der Waals surface area contributed by atoms with E-state index in [0.717, 1.165) is 5.69 Å². The van der Waals surface area contributed by atoms with Crippen molar-refractivity contribution < 1.29 is 4.42 Å². The highest BCUT2D eigenvalue weighted by Crippen LogP contribution is 2.18. The average molecular weight is 155 g/mol. The van der Waals surface area contributed by atoms with Gasteiger partial charge in [0, 0.05) is 5.41 Å². The van der Waals surface area contributed by atoms with E-state index in [1.165, 1.54) is 6.39 Å². The Morgan fingerprint density at radius 1 is 1.27 bits per heavy atom. The summed E-state index contributed by atoms with van der Waals surface area (Å²) in [7, 11) is 0. The van der Waals surface area contributed by atoms with Crippen molar-refractivity contribution in [1.29, 1.82) is 0 Å². The van der Waals surface area contributed by atoms with Crippen LogP contribution in [-0.4, -0.2) is 4.98 Å². The van der Waals surface area contributed by atoms with Gasteiger partial charge in [-0.1, -0.05) is 34.6 Å². The molecule has 0 unspecified atom stereocenters. The Labute approximate surface area is 68.6 Å². The van der Waals surface area contributed by atoms with Crippen LogP contribution in [0.5, 0.6) is 0 Å². The molecule has 0 atom stereocenters. The quantitative estimate of drug-likeness (QED) is 0.575. The summed E-state index contributed by atoms with van der Waals surface area (Å²) in [5, 5.41) is 0. The molecule has 0 saturated carbocycles. The van der Waals surface area contributed by atoms with Gasteiger partial charge in [-0.2, -0.15) is 0 Å². The molecule has 0 aliphatic carbocycles. The van der Waals surface area contributed by atoms with E-state index in [0.29, 0.717) is 0 Å². The van der Waals surface area contributed by atoms with Crippen LogP contribution in [-0.2, 0) is 5.41 Å². The van der Waals surface area contributed by atoms with E-state index in [9.17, 15) is 0 Å². The molecule has 0 N–H and O–H groups in total. The van der Waals surface area contributed by atoms with Crippen molar-refractivity contribution in [3.63, 3.8) is 0 Å². The Kier molecular flexibility index (Phi) is 3.86. The van der Waals surface area contributed by atoms with E-state index in [2.05, 4.69) is 25.8 Å². The number of nitrogens with zero attached hydrogens (tertiary/aromatic N) is 1. The van der Waals surface area contributed by atoms with Gasteiger partial charge in [0.05, 0.1) is 5.69 Å². The minimum atomic E-state index is 0.118. The summed E-state index contributed by atoms with van der Waals surface area (Å²) in [5.41, 5.74) is 1.12. The Morgan fingerprint density at radius 2 is 1.82 bits per heavy atom. The molecule has 2 heteroatoms. The molecule has 2 nitrogen and oxygen atoms in total. The number of rotatable bonds is 0. The highest BCUT2D eigenvalue weighted by atomic mass is 16.3. The molecule has 0 aromatic carbocycles. The molecule has 1 aromatic heterocycles. The Balaban J connectivity index is 0.000000461. The normalized spacial score (nSPS) is 10.3. The molecule has 1 aromatic rings. The maximum Gasteiger partial charge on any atom is 0.180 e. The summed E-state index contributed by atoms with van der Waals surface area (Å²) >= 11 is 0. The largest absolute Gasteiger partial charge is 0.451 e. The number of hydrogen-bond donors (Lipinski definition) is 0. The maximum atomic E-state index is 4.83. The third-order valence-corrected chi connectivity index (χ3v) is 1.20. The van der Waals surface area contributed by atoms with Gasteiger partial charge in [-0.05, 0) is 0 Å². The van der Waals surface area contributed by atoms with Crippen LogP contribution in [0.15, 0.2) is 17.1 Å². The fourth-order valence-corrected chi connectivity index (χ4v) is 0.583. The van der Waals surface area contributed by atoms with Crippen molar-refractivity contribution in [2.75, 3.05) is 0 Å². The first-order valence-corrected chi connectivity index (χ1v) is 3.99. The smallest absolute Gasteiger partial charge is 0.180 e. The van der Waals surface area contributed by atoms with Gasteiger partial charge in [-0.25, -0.2) is 4.98 Å². The molecular formula is C9H17NO. The van der Waals surface area contributed by atoms with Crippen LogP contribution >= 0.6 is 0 Å². The molecule has 11 heavy (non-hydrogen) atoms. The van der Waals surface area contributed by atoms with Crippen LogP contribution in [0.25, 0.3) is 0 Å². The third kappa shape index (κ3) is 3.21. The highest BCUT2D eigenvalue weighted by molar-refractivity contribution is 5.05. The van der Waals surface area contributed by atoms with E-state index < -0.39 is 0 Å². The summed E-state index contributed by atoms with van der Waals surface area (Å²) in [5.74, 6) is 0. The molecule has 64 valence electrons. The summed E-state index contributed by atoms with van der Waals surface area (Å²) in [4.78, 5) is 4.02. The van der Waals surface area contributed by atoms with Gasteiger partial charge in [0.15, 0.2) is 6.39 Å². The molecule has 0 amide bonds. The standard InChI is InChI=1S/C7H11NO.C2H6/c1-7(2,3)6-4-9-5-8-6;1-2/h4-5H,1-3H3;1-2H3. The molecule has 0 fully saturated rings. The summed E-state index contributed by atoms with van der Waals surface area (Å²) in [6, 6.07) is 0. The maximum absolute atomic E-state index is 4.83. The summed E-state index contributed by atoms with van der Waals surface area (Å²) in [6.07, 6.45) is 3.14. The zero-order chi connectivity index (χ0) is 8.91.